The van der Waals surface area contributed by atoms with Crippen LogP contribution in [0.3, 0.4) is 0 Å². The standard InChI is InChI=1S/C30H31N7O2/c1-5-7-25(38)36-12-6-8-24(36)29-35-26(27-28(31)33-11-13-37(27)29)20-15-21(17-32-16-20)30(39)34-22-9-10-23(18(2)3)19(4)14-22/h9-11,13-18,24H,6,8,12H2,1-4H3,(H2,31,33)(H,34,39)/t24-/m0/s1. The van der Waals surface area contributed by atoms with E-state index in [-0.39, 0.29) is 17.9 Å². The second-order valence-electron chi connectivity index (χ2n) is 10.0. The van der Waals surface area contributed by atoms with Gasteiger partial charge in [-0.3, -0.25) is 19.0 Å². The maximum Gasteiger partial charge on any atom is 0.299 e. The van der Waals surface area contributed by atoms with Crippen molar-refractivity contribution in [3.05, 3.63) is 71.6 Å². The zero-order valence-electron chi connectivity index (χ0n) is 22.5. The highest BCUT2D eigenvalue weighted by atomic mass is 16.2. The molecule has 0 spiro atoms. The van der Waals surface area contributed by atoms with Gasteiger partial charge in [0.25, 0.3) is 11.8 Å². The molecule has 0 saturated carbocycles. The number of aryl methyl sites for hydroxylation is 1. The first-order chi connectivity index (χ1) is 18.8. The average Bonchev–Trinajstić information content (AvgIpc) is 3.54. The van der Waals surface area contributed by atoms with Crippen molar-refractivity contribution < 1.29 is 9.59 Å². The molecule has 1 aliphatic heterocycles. The SMILES string of the molecule is CC#CC(=O)N1CCC[C@H]1c1nc(-c2cncc(C(=O)Nc3ccc(C(C)C)c(C)c3)c2)c2c(N)nccn12. The van der Waals surface area contributed by atoms with Gasteiger partial charge in [0.2, 0.25) is 0 Å². The largest absolute Gasteiger partial charge is 0.382 e. The minimum Gasteiger partial charge on any atom is -0.382 e. The van der Waals surface area contributed by atoms with Crippen LogP contribution in [0.25, 0.3) is 16.8 Å². The number of carbonyl (C=O) groups excluding carboxylic acids is 2. The van der Waals surface area contributed by atoms with Gasteiger partial charge < -0.3 is 16.0 Å². The lowest BCUT2D eigenvalue weighted by Crippen LogP contribution is -2.30. The number of benzene rings is 1. The minimum absolute atomic E-state index is 0.225. The van der Waals surface area contributed by atoms with Crippen LogP contribution in [-0.4, -0.2) is 42.6 Å². The molecule has 1 aromatic carbocycles. The van der Waals surface area contributed by atoms with Crippen LogP contribution in [0.5, 0.6) is 0 Å². The summed E-state index contributed by atoms with van der Waals surface area (Å²) in [5, 5.41) is 2.97. The summed E-state index contributed by atoms with van der Waals surface area (Å²) < 4.78 is 1.87. The molecule has 0 bridgehead atoms. The number of aromatic nitrogens is 4. The molecule has 3 N–H and O–H groups in total. The molecule has 3 aromatic heterocycles. The van der Waals surface area contributed by atoms with Gasteiger partial charge in [0.15, 0.2) is 0 Å². The normalized spacial score (nSPS) is 14.9. The first kappa shape index (κ1) is 25.9. The van der Waals surface area contributed by atoms with Gasteiger partial charge in [-0.15, -0.1) is 0 Å². The van der Waals surface area contributed by atoms with Gasteiger partial charge in [0, 0.05) is 42.6 Å². The molecule has 0 radical (unpaired) electrons. The number of nitrogens with two attached hydrogens (primary N) is 1. The molecule has 5 rings (SSSR count). The van der Waals surface area contributed by atoms with Crippen molar-refractivity contribution in [3.8, 4) is 23.1 Å². The van der Waals surface area contributed by atoms with Gasteiger partial charge in [-0.25, -0.2) is 9.97 Å². The Hall–Kier alpha value is -4.71. The number of rotatable bonds is 5. The van der Waals surface area contributed by atoms with Crippen molar-refractivity contribution in [2.24, 2.45) is 0 Å². The molecule has 39 heavy (non-hydrogen) atoms. The van der Waals surface area contributed by atoms with Gasteiger partial charge in [0.1, 0.15) is 22.9 Å². The molecular weight excluding hydrogens is 490 g/mol. The summed E-state index contributed by atoms with van der Waals surface area (Å²) in [5.74, 6) is 6.21. The summed E-state index contributed by atoms with van der Waals surface area (Å²) in [5.41, 5.74) is 11.6. The van der Waals surface area contributed by atoms with Crippen LogP contribution in [0.4, 0.5) is 11.5 Å². The van der Waals surface area contributed by atoms with E-state index in [4.69, 9.17) is 10.7 Å². The zero-order valence-corrected chi connectivity index (χ0v) is 22.5. The molecule has 9 nitrogen and oxygen atoms in total. The van der Waals surface area contributed by atoms with E-state index < -0.39 is 0 Å². The first-order valence-corrected chi connectivity index (χ1v) is 13.0. The summed E-state index contributed by atoms with van der Waals surface area (Å²) in [6, 6.07) is 7.43. The monoisotopic (exact) mass is 521 g/mol. The fourth-order valence-electron chi connectivity index (χ4n) is 5.28. The predicted octanol–water partition coefficient (Wildman–Crippen LogP) is 4.74. The van der Waals surface area contributed by atoms with Gasteiger partial charge in [-0.2, -0.15) is 0 Å². The smallest absolute Gasteiger partial charge is 0.299 e. The van der Waals surface area contributed by atoms with Gasteiger partial charge >= 0.3 is 0 Å². The second kappa shape index (κ2) is 10.6. The Labute approximate surface area is 227 Å². The van der Waals surface area contributed by atoms with E-state index >= 15 is 0 Å². The number of hydrogen-bond donors (Lipinski definition) is 2. The number of hydrogen-bond acceptors (Lipinski definition) is 6. The fourth-order valence-corrected chi connectivity index (χ4v) is 5.28. The summed E-state index contributed by atoms with van der Waals surface area (Å²) in [6.07, 6.45) is 8.18. The maximum absolute atomic E-state index is 13.2. The Kier molecular flexibility index (Phi) is 7.03. The van der Waals surface area contributed by atoms with Crippen LogP contribution in [0, 0.1) is 18.8 Å². The molecule has 1 saturated heterocycles. The third kappa shape index (κ3) is 4.93. The van der Waals surface area contributed by atoms with E-state index in [9.17, 15) is 9.59 Å². The third-order valence-electron chi connectivity index (χ3n) is 7.08. The Morgan fingerprint density at radius 3 is 2.77 bits per heavy atom. The second-order valence-corrected chi connectivity index (χ2v) is 10.0. The minimum atomic E-state index is -0.276. The number of pyridine rings is 1. The van der Waals surface area contributed by atoms with Crippen molar-refractivity contribution in [2.45, 2.75) is 52.5 Å². The highest BCUT2D eigenvalue weighted by molar-refractivity contribution is 6.05. The average molecular weight is 522 g/mol. The molecule has 4 heterocycles. The molecule has 2 amide bonds. The lowest BCUT2D eigenvalue weighted by molar-refractivity contribution is -0.126. The van der Waals surface area contributed by atoms with Crippen LogP contribution < -0.4 is 11.1 Å². The van der Waals surface area contributed by atoms with Gasteiger partial charge in [-0.05, 0) is 67.9 Å². The molecule has 4 aromatic rings. The molecular formula is C30H31N7O2. The molecule has 9 heteroatoms. The van der Waals surface area contributed by atoms with Crippen LogP contribution in [0.2, 0.25) is 0 Å². The van der Waals surface area contributed by atoms with Crippen LogP contribution in [-0.2, 0) is 4.79 Å². The van der Waals surface area contributed by atoms with Crippen LogP contribution >= 0.6 is 0 Å². The summed E-state index contributed by atoms with van der Waals surface area (Å²) in [4.78, 5) is 41.2. The molecule has 198 valence electrons. The van der Waals surface area contributed by atoms with E-state index in [2.05, 4.69) is 41.0 Å². The van der Waals surface area contributed by atoms with E-state index in [0.29, 0.717) is 46.4 Å². The van der Waals surface area contributed by atoms with Crippen molar-refractivity contribution >= 4 is 28.8 Å². The summed E-state index contributed by atoms with van der Waals surface area (Å²) in [6.45, 7) is 8.59. The lowest BCUT2D eigenvalue weighted by Gasteiger charge is -2.21. The third-order valence-corrected chi connectivity index (χ3v) is 7.08. The Balaban J connectivity index is 1.51. The zero-order chi connectivity index (χ0) is 27.7. The van der Waals surface area contributed by atoms with E-state index in [1.165, 1.54) is 11.8 Å². The number of likely N-dealkylation sites (tertiary alicyclic amines) is 1. The number of nitrogens with zero attached hydrogens (tertiary/aromatic N) is 5. The molecule has 0 aliphatic carbocycles. The number of fused-ring (bicyclic) bond motifs is 1. The van der Waals surface area contributed by atoms with Crippen molar-refractivity contribution in [1.29, 1.82) is 0 Å². The molecule has 1 aliphatic rings. The fraction of sp³-hybridized carbons (Fsp3) is 0.300. The number of imidazole rings is 1. The van der Waals surface area contributed by atoms with E-state index in [1.54, 1.807) is 36.5 Å². The quantitative estimate of drug-likeness (QED) is 0.366. The maximum atomic E-state index is 13.2. The lowest BCUT2D eigenvalue weighted by atomic mass is 9.97. The van der Waals surface area contributed by atoms with Crippen molar-refractivity contribution in [1.82, 2.24) is 24.3 Å². The Morgan fingerprint density at radius 1 is 1.21 bits per heavy atom. The molecule has 1 fully saturated rings. The number of nitrogen functional groups attached to an aromatic ring is 1. The number of carbonyl (C=O) groups is 2. The first-order valence-electron chi connectivity index (χ1n) is 13.0. The van der Waals surface area contributed by atoms with Gasteiger partial charge in [0.05, 0.1) is 11.6 Å². The van der Waals surface area contributed by atoms with E-state index in [0.717, 1.165) is 24.1 Å². The highest BCUT2D eigenvalue weighted by Crippen LogP contribution is 2.36. The van der Waals surface area contributed by atoms with Crippen LogP contribution in [0.1, 0.15) is 72.9 Å². The number of anilines is 2. The number of nitrogens with one attached hydrogen (secondary N) is 1. The van der Waals surface area contributed by atoms with Crippen LogP contribution in [0.15, 0.2) is 49.1 Å². The summed E-state index contributed by atoms with van der Waals surface area (Å²) >= 11 is 0. The van der Waals surface area contributed by atoms with Crippen molar-refractivity contribution in [2.75, 3.05) is 17.6 Å². The number of amides is 2. The van der Waals surface area contributed by atoms with Gasteiger partial charge in [-0.1, -0.05) is 25.8 Å². The molecule has 0 unspecified atom stereocenters. The van der Waals surface area contributed by atoms with Crippen molar-refractivity contribution in [3.63, 3.8) is 0 Å². The highest BCUT2D eigenvalue weighted by Gasteiger charge is 2.33. The summed E-state index contributed by atoms with van der Waals surface area (Å²) in [7, 11) is 0. The predicted molar refractivity (Wildman–Crippen MR) is 151 cm³/mol. The topological polar surface area (TPSA) is 119 Å². The Bertz CT molecular complexity index is 1640. The Morgan fingerprint density at radius 2 is 2.03 bits per heavy atom. The molecule has 1 atom stereocenters. The van der Waals surface area contributed by atoms with E-state index in [1.807, 2.05) is 29.5 Å².